The van der Waals surface area contributed by atoms with Crippen LogP contribution in [0.3, 0.4) is 0 Å². The molecule has 6 heteroatoms. The summed E-state index contributed by atoms with van der Waals surface area (Å²) in [7, 11) is -3.55. The van der Waals surface area contributed by atoms with Crippen LogP contribution in [0.1, 0.15) is 5.56 Å². The van der Waals surface area contributed by atoms with Gasteiger partial charge in [-0.2, -0.15) is 0 Å². The Labute approximate surface area is 121 Å². The lowest BCUT2D eigenvalue weighted by Crippen LogP contribution is -1.99. The molecule has 2 aromatic carbocycles. The van der Waals surface area contributed by atoms with Crippen LogP contribution in [0.5, 0.6) is 11.5 Å². The van der Waals surface area contributed by atoms with Gasteiger partial charge in [-0.3, -0.25) is 0 Å². The largest absolute Gasteiger partial charge is 0.508 e. The van der Waals surface area contributed by atoms with Crippen molar-refractivity contribution in [3.8, 4) is 11.5 Å². The maximum Gasteiger partial charge on any atom is 0.200 e. The second kappa shape index (κ2) is 4.89. The Kier molecular flexibility index (Phi) is 3.17. The first-order valence-corrected chi connectivity index (χ1v) is 7.68. The number of aromatic hydroxyl groups is 1. The lowest BCUT2D eigenvalue weighted by molar-refractivity contribution is 0.369. The predicted molar refractivity (Wildman–Crippen MR) is 75.2 cm³/mol. The van der Waals surface area contributed by atoms with Crippen LogP contribution in [-0.2, 0) is 9.84 Å². The average molecular weight is 306 g/mol. The summed E-state index contributed by atoms with van der Waals surface area (Å²) in [6.07, 6.45) is 0. The molecular formula is C15H11FO4S. The SMILES string of the molecule is O=S1(=O)C=C(COc2ccc(F)cc2)c2ccc(O)cc21. The second-order valence-electron chi connectivity index (χ2n) is 4.61. The molecule has 1 aliphatic heterocycles. The molecule has 21 heavy (non-hydrogen) atoms. The van der Waals surface area contributed by atoms with Crippen molar-refractivity contribution in [3.05, 3.63) is 59.3 Å². The average Bonchev–Trinajstić information content (AvgIpc) is 2.69. The van der Waals surface area contributed by atoms with E-state index in [-0.39, 0.29) is 23.1 Å². The summed E-state index contributed by atoms with van der Waals surface area (Å²) in [5.41, 5.74) is 1.00. The van der Waals surface area contributed by atoms with Gasteiger partial charge in [-0.05, 0) is 42.5 Å². The van der Waals surface area contributed by atoms with E-state index < -0.39 is 9.84 Å². The summed E-state index contributed by atoms with van der Waals surface area (Å²) in [5, 5.41) is 10.5. The summed E-state index contributed by atoms with van der Waals surface area (Å²) >= 11 is 0. The number of halogens is 1. The van der Waals surface area contributed by atoms with E-state index in [0.29, 0.717) is 16.9 Å². The number of phenols is 1. The van der Waals surface area contributed by atoms with Crippen LogP contribution in [0.25, 0.3) is 5.57 Å². The van der Waals surface area contributed by atoms with Gasteiger partial charge in [0.1, 0.15) is 23.9 Å². The molecule has 0 bridgehead atoms. The van der Waals surface area contributed by atoms with Crippen molar-refractivity contribution in [3.63, 3.8) is 0 Å². The second-order valence-corrected chi connectivity index (χ2v) is 6.38. The zero-order chi connectivity index (χ0) is 15.0. The molecule has 0 unspecified atom stereocenters. The van der Waals surface area contributed by atoms with Gasteiger partial charge >= 0.3 is 0 Å². The van der Waals surface area contributed by atoms with Gasteiger partial charge in [0.15, 0.2) is 0 Å². The smallest absolute Gasteiger partial charge is 0.200 e. The van der Waals surface area contributed by atoms with Gasteiger partial charge in [-0.25, -0.2) is 12.8 Å². The maximum atomic E-state index is 12.8. The summed E-state index contributed by atoms with van der Waals surface area (Å²) in [6, 6.07) is 9.64. The summed E-state index contributed by atoms with van der Waals surface area (Å²) in [4.78, 5) is 0.0696. The minimum Gasteiger partial charge on any atom is -0.508 e. The van der Waals surface area contributed by atoms with Crippen LogP contribution < -0.4 is 4.74 Å². The molecule has 0 radical (unpaired) electrons. The number of fused-ring (bicyclic) bond motifs is 1. The van der Waals surface area contributed by atoms with Gasteiger partial charge in [0.05, 0.1) is 4.90 Å². The normalized spacial score (nSPS) is 15.4. The van der Waals surface area contributed by atoms with Gasteiger partial charge in [0, 0.05) is 16.5 Å². The lowest BCUT2D eigenvalue weighted by Gasteiger charge is -2.08. The molecule has 0 spiro atoms. The number of hydrogen-bond donors (Lipinski definition) is 1. The highest BCUT2D eigenvalue weighted by atomic mass is 32.2. The molecule has 0 fully saturated rings. The molecule has 0 saturated heterocycles. The fourth-order valence-electron chi connectivity index (χ4n) is 2.13. The molecule has 108 valence electrons. The van der Waals surface area contributed by atoms with Gasteiger partial charge in [0.25, 0.3) is 0 Å². The van der Waals surface area contributed by atoms with E-state index in [4.69, 9.17) is 4.74 Å². The Morgan fingerprint density at radius 1 is 1.10 bits per heavy atom. The first-order valence-electron chi connectivity index (χ1n) is 6.13. The lowest BCUT2D eigenvalue weighted by atomic mass is 10.1. The molecule has 0 atom stereocenters. The zero-order valence-electron chi connectivity index (χ0n) is 10.8. The Morgan fingerprint density at radius 3 is 2.52 bits per heavy atom. The van der Waals surface area contributed by atoms with E-state index in [1.54, 1.807) is 0 Å². The van der Waals surface area contributed by atoms with Crippen molar-refractivity contribution in [2.75, 3.05) is 6.61 Å². The number of hydrogen-bond acceptors (Lipinski definition) is 4. The van der Waals surface area contributed by atoms with Gasteiger partial charge < -0.3 is 9.84 Å². The van der Waals surface area contributed by atoms with Gasteiger partial charge in [-0.15, -0.1) is 0 Å². The molecule has 0 aromatic heterocycles. The quantitative estimate of drug-likeness (QED) is 0.947. The highest BCUT2D eigenvalue weighted by molar-refractivity contribution is 7.95. The van der Waals surface area contributed by atoms with Crippen LogP contribution >= 0.6 is 0 Å². The van der Waals surface area contributed by atoms with Crippen LogP contribution in [0, 0.1) is 5.82 Å². The van der Waals surface area contributed by atoms with E-state index in [0.717, 1.165) is 5.41 Å². The topological polar surface area (TPSA) is 63.6 Å². The Hall–Kier alpha value is -2.34. The summed E-state index contributed by atoms with van der Waals surface area (Å²) in [6.45, 7) is 0.0443. The Morgan fingerprint density at radius 2 is 1.81 bits per heavy atom. The van der Waals surface area contributed by atoms with E-state index in [2.05, 4.69) is 0 Å². The highest BCUT2D eigenvalue weighted by Crippen LogP contribution is 2.35. The van der Waals surface area contributed by atoms with Crippen molar-refractivity contribution in [1.29, 1.82) is 0 Å². The van der Waals surface area contributed by atoms with Crippen LogP contribution in [0.15, 0.2) is 52.8 Å². The standard InChI is InChI=1S/C15H11FO4S/c16-11-1-4-13(5-2-11)20-8-10-9-21(18,19)15-7-12(17)3-6-14(10)15/h1-7,9,17H,8H2. The molecule has 0 aliphatic carbocycles. The summed E-state index contributed by atoms with van der Waals surface area (Å²) in [5.74, 6) is -0.0285. The molecule has 1 heterocycles. The third-order valence-electron chi connectivity index (χ3n) is 3.12. The van der Waals surface area contributed by atoms with Gasteiger partial charge in [-0.1, -0.05) is 0 Å². The molecular weight excluding hydrogens is 295 g/mol. The maximum absolute atomic E-state index is 12.8. The Bertz CT molecular complexity index is 823. The van der Waals surface area contributed by atoms with Crippen LogP contribution in [-0.4, -0.2) is 20.1 Å². The van der Waals surface area contributed by atoms with Crippen LogP contribution in [0.2, 0.25) is 0 Å². The monoisotopic (exact) mass is 306 g/mol. The predicted octanol–water partition coefficient (Wildman–Crippen LogP) is 2.74. The molecule has 0 amide bonds. The van der Waals surface area contributed by atoms with E-state index in [1.165, 1.54) is 42.5 Å². The molecule has 0 saturated carbocycles. The summed E-state index contributed by atoms with van der Waals surface area (Å²) < 4.78 is 42.2. The van der Waals surface area contributed by atoms with Crippen molar-refractivity contribution in [1.82, 2.24) is 0 Å². The first kappa shape index (κ1) is 13.6. The molecule has 1 aliphatic rings. The van der Waals surface area contributed by atoms with Crippen LogP contribution in [0.4, 0.5) is 4.39 Å². The van der Waals surface area contributed by atoms with Crippen molar-refractivity contribution in [2.45, 2.75) is 4.90 Å². The van der Waals surface area contributed by atoms with Gasteiger partial charge in [0.2, 0.25) is 9.84 Å². The minimum atomic E-state index is -3.55. The number of rotatable bonds is 3. The van der Waals surface area contributed by atoms with E-state index in [1.807, 2.05) is 0 Å². The molecule has 3 rings (SSSR count). The number of sulfone groups is 1. The third-order valence-corrected chi connectivity index (χ3v) is 4.67. The Balaban J connectivity index is 1.86. The zero-order valence-corrected chi connectivity index (χ0v) is 11.6. The number of phenolic OH excluding ortho intramolecular Hbond substituents is 1. The minimum absolute atomic E-state index is 0.0443. The number of benzene rings is 2. The van der Waals surface area contributed by atoms with Crippen molar-refractivity contribution in [2.24, 2.45) is 0 Å². The molecule has 4 nitrogen and oxygen atoms in total. The van der Waals surface area contributed by atoms with E-state index >= 15 is 0 Å². The molecule has 2 aromatic rings. The fraction of sp³-hybridized carbons (Fsp3) is 0.0667. The highest BCUT2D eigenvalue weighted by Gasteiger charge is 2.27. The fourth-order valence-corrected chi connectivity index (χ4v) is 3.62. The third kappa shape index (κ3) is 2.62. The molecule has 1 N–H and O–H groups in total. The van der Waals surface area contributed by atoms with Crippen molar-refractivity contribution >= 4 is 15.4 Å². The number of ether oxygens (including phenoxy) is 1. The van der Waals surface area contributed by atoms with Crippen molar-refractivity contribution < 1.29 is 22.7 Å². The first-order chi connectivity index (χ1) is 9.95. The van der Waals surface area contributed by atoms with E-state index in [9.17, 15) is 17.9 Å².